The highest BCUT2D eigenvalue weighted by Gasteiger charge is 2.47. The molecule has 0 aliphatic carbocycles. The predicted octanol–water partition coefficient (Wildman–Crippen LogP) is 0.593. The van der Waals surface area contributed by atoms with E-state index in [1.165, 1.54) is 0 Å². The topological polar surface area (TPSA) is 98.7 Å². The van der Waals surface area contributed by atoms with Gasteiger partial charge >= 0.3 is 5.97 Å². The molecule has 2 aliphatic heterocycles. The second-order valence-electron chi connectivity index (χ2n) is 8.13. The lowest BCUT2D eigenvalue weighted by Gasteiger charge is -2.41. The molecule has 2 saturated heterocycles. The first kappa shape index (κ1) is 18.7. The molecular weight excluding hydrogens is 310 g/mol. The van der Waals surface area contributed by atoms with Gasteiger partial charge in [0.1, 0.15) is 6.04 Å². The summed E-state index contributed by atoms with van der Waals surface area (Å²) in [5, 5.41) is 15.0. The lowest BCUT2D eigenvalue weighted by atomic mass is 9.81. The number of piperidine rings is 1. The van der Waals surface area contributed by atoms with Crippen LogP contribution in [0.4, 0.5) is 0 Å². The van der Waals surface area contributed by atoms with E-state index < -0.39 is 17.4 Å². The van der Waals surface area contributed by atoms with Crippen molar-refractivity contribution >= 4 is 17.8 Å². The van der Waals surface area contributed by atoms with Crippen molar-refractivity contribution in [3.63, 3.8) is 0 Å². The zero-order chi connectivity index (χ0) is 18.1. The maximum absolute atomic E-state index is 12.4. The normalized spacial score (nSPS) is 24.8. The first-order valence-electron chi connectivity index (χ1n) is 8.59. The van der Waals surface area contributed by atoms with Gasteiger partial charge in [0.25, 0.3) is 0 Å². The predicted molar refractivity (Wildman–Crippen MR) is 89.4 cm³/mol. The summed E-state index contributed by atoms with van der Waals surface area (Å²) >= 11 is 0. The third-order valence-corrected chi connectivity index (χ3v) is 5.21. The van der Waals surface area contributed by atoms with Gasteiger partial charge in [0.05, 0.1) is 0 Å². The summed E-state index contributed by atoms with van der Waals surface area (Å²) in [4.78, 5) is 37.7. The minimum atomic E-state index is -0.933. The minimum Gasteiger partial charge on any atom is -0.480 e. The number of carbonyl (C=O) groups excluding carboxylic acids is 2. The van der Waals surface area contributed by atoms with Crippen LogP contribution in [0.2, 0.25) is 0 Å². The molecule has 0 unspecified atom stereocenters. The average Bonchev–Trinajstić information content (AvgIpc) is 2.79. The molecule has 0 saturated carbocycles. The van der Waals surface area contributed by atoms with Gasteiger partial charge in [0.15, 0.2) is 0 Å². The lowest BCUT2D eigenvalue weighted by Crippen LogP contribution is -2.53. The van der Waals surface area contributed by atoms with Crippen molar-refractivity contribution in [3.8, 4) is 0 Å². The van der Waals surface area contributed by atoms with E-state index in [1.54, 1.807) is 7.05 Å². The molecule has 1 spiro atoms. The van der Waals surface area contributed by atoms with Gasteiger partial charge in [-0.2, -0.15) is 0 Å². The third-order valence-electron chi connectivity index (χ3n) is 5.21. The van der Waals surface area contributed by atoms with Gasteiger partial charge in [-0.25, -0.2) is 0 Å². The molecule has 7 heteroatoms. The van der Waals surface area contributed by atoms with Crippen LogP contribution in [0.1, 0.15) is 46.5 Å². The van der Waals surface area contributed by atoms with Crippen molar-refractivity contribution < 1.29 is 19.5 Å². The number of likely N-dealkylation sites (N-methyl/N-ethyl adjacent to an activating group) is 1. The Bertz CT molecular complexity index is 518. The van der Waals surface area contributed by atoms with Gasteiger partial charge < -0.3 is 20.6 Å². The molecule has 2 fully saturated rings. The van der Waals surface area contributed by atoms with E-state index in [-0.39, 0.29) is 23.3 Å². The molecule has 0 aromatic heterocycles. The Morgan fingerprint density at radius 1 is 1.38 bits per heavy atom. The van der Waals surface area contributed by atoms with Crippen LogP contribution < -0.4 is 10.6 Å². The molecule has 136 valence electrons. The van der Waals surface area contributed by atoms with Crippen molar-refractivity contribution in [1.82, 2.24) is 15.5 Å². The summed E-state index contributed by atoms with van der Waals surface area (Å²) in [6.07, 6.45) is 2.40. The Morgan fingerprint density at radius 3 is 2.42 bits per heavy atom. The van der Waals surface area contributed by atoms with E-state index in [1.807, 2.05) is 25.7 Å². The molecule has 2 rings (SSSR count). The van der Waals surface area contributed by atoms with Crippen LogP contribution in [0, 0.1) is 11.3 Å². The number of nitrogens with zero attached hydrogens (tertiary/aromatic N) is 1. The van der Waals surface area contributed by atoms with Crippen molar-refractivity contribution in [2.75, 3.05) is 20.1 Å². The molecule has 3 N–H and O–H groups in total. The Morgan fingerprint density at radius 2 is 1.96 bits per heavy atom. The van der Waals surface area contributed by atoms with Gasteiger partial charge in [-0.3, -0.25) is 14.4 Å². The Hall–Kier alpha value is -1.63. The highest BCUT2D eigenvalue weighted by atomic mass is 16.4. The van der Waals surface area contributed by atoms with E-state index in [9.17, 15) is 14.4 Å². The largest absolute Gasteiger partial charge is 0.480 e. The third kappa shape index (κ3) is 3.88. The van der Waals surface area contributed by atoms with Crippen LogP contribution in [0.15, 0.2) is 0 Å². The molecule has 24 heavy (non-hydrogen) atoms. The molecule has 0 aromatic rings. The lowest BCUT2D eigenvalue weighted by molar-refractivity contribution is -0.141. The Kier molecular flexibility index (Phi) is 5.22. The second kappa shape index (κ2) is 6.70. The molecular formula is C17H29N3O4. The fourth-order valence-electron chi connectivity index (χ4n) is 3.74. The molecule has 7 nitrogen and oxygen atoms in total. The van der Waals surface area contributed by atoms with Crippen molar-refractivity contribution in [3.05, 3.63) is 0 Å². The van der Waals surface area contributed by atoms with E-state index in [2.05, 4.69) is 10.6 Å². The summed E-state index contributed by atoms with van der Waals surface area (Å²) < 4.78 is 0. The zero-order valence-corrected chi connectivity index (χ0v) is 15.0. The SMILES string of the molecule is CN[C@@H](C[C@H]1CC2(CCN(C(=O)C(C)(C)C)CC2)NC1=O)C(=O)O. The van der Waals surface area contributed by atoms with E-state index >= 15 is 0 Å². The number of hydrogen-bond donors (Lipinski definition) is 3. The number of nitrogens with one attached hydrogen (secondary N) is 2. The second-order valence-corrected chi connectivity index (χ2v) is 8.13. The monoisotopic (exact) mass is 339 g/mol. The van der Waals surface area contributed by atoms with Gasteiger partial charge in [-0.15, -0.1) is 0 Å². The van der Waals surface area contributed by atoms with Crippen molar-refractivity contribution in [2.24, 2.45) is 11.3 Å². The molecule has 2 atom stereocenters. The number of carboxylic acid groups (broad SMARTS) is 1. The Labute approximate surface area is 143 Å². The maximum atomic E-state index is 12.4. The van der Waals surface area contributed by atoms with E-state index in [0.29, 0.717) is 25.9 Å². The minimum absolute atomic E-state index is 0.0629. The highest BCUT2D eigenvalue weighted by molar-refractivity contribution is 5.84. The van der Waals surface area contributed by atoms with Crippen LogP contribution >= 0.6 is 0 Å². The van der Waals surface area contributed by atoms with Crippen LogP contribution in [-0.2, 0) is 14.4 Å². The smallest absolute Gasteiger partial charge is 0.320 e. The molecule has 2 amide bonds. The van der Waals surface area contributed by atoms with Crippen LogP contribution in [-0.4, -0.2) is 59.5 Å². The number of amides is 2. The van der Waals surface area contributed by atoms with Gasteiger partial charge in [-0.05, 0) is 32.7 Å². The van der Waals surface area contributed by atoms with Crippen LogP contribution in [0.3, 0.4) is 0 Å². The first-order chi connectivity index (χ1) is 11.1. The summed E-state index contributed by atoms with van der Waals surface area (Å²) in [5.74, 6) is -1.15. The summed E-state index contributed by atoms with van der Waals surface area (Å²) in [7, 11) is 1.60. The zero-order valence-electron chi connectivity index (χ0n) is 15.0. The van der Waals surface area contributed by atoms with Crippen LogP contribution in [0.25, 0.3) is 0 Å². The van der Waals surface area contributed by atoms with E-state index in [0.717, 1.165) is 12.8 Å². The Balaban J connectivity index is 1.96. The van der Waals surface area contributed by atoms with Gasteiger partial charge in [0.2, 0.25) is 11.8 Å². The summed E-state index contributed by atoms with van der Waals surface area (Å²) in [5.41, 5.74) is -0.680. The quantitative estimate of drug-likeness (QED) is 0.696. The standard InChI is InChI=1S/C17H29N3O4/c1-16(2,3)15(24)20-7-5-17(6-8-20)10-11(13(21)19-17)9-12(18-4)14(22)23/h11-12,18H,5-10H2,1-4H3,(H,19,21)(H,22,23)/t11-,12-/m0/s1. The van der Waals surface area contributed by atoms with E-state index in [4.69, 9.17) is 5.11 Å². The van der Waals surface area contributed by atoms with Crippen molar-refractivity contribution in [1.29, 1.82) is 0 Å². The number of likely N-dealkylation sites (tertiary alicyclic amines) is 1. The molecule has 2 aliphatic rings. The van der Waals surface area contributed by atoms with Gasteiger partial charge in [-0.1, -0.05) is 20.8 Å². The summed E-state index contributed by atoms with van der Waals surface area (Å²) in [6.45, 7) is 7.01. The number of carboxylic acids is 1. The first-order valence-corrected chi connectivity index (χ1v) is 8.59. The average molecular weight is 339 g/mol. The number of carbonyl (C=O) groups is 3. The molecule has 0 bridgehead atoms. The maximum Gasteiger partial charge on any atom is 0.320 e. The van der Waals surface area contributed by atoms with Crippen LogP contribution in [0.5, 0.6) is 0 Å². The highest BCUT2D eigenvalue weighted by Crippen LogP contribution is 2.37. The molecule has 0 radical (unpaired) electrons. The number of rotatable bonds is 4. The summed E-state index contributed by atoms with van der Waals surface area (Å²) in [6, 6.07) is -0.710. The number of aliphatic carboxylic acids is 1. The fourth-order valence-corrected chi connectivity index (χ4v) is 3.74. The van der Waals surface area contributed by atoms with Gasteiger partial charge in [0, 0.05) is 30.0 Å². The number of hydrogen-bond acceptors (Lipinski definition) is 4. The fraction of sp³-hybridized carbons (Fsp3) is 0.824. The molecule has 2 heterocycles. The molecule has 0 aromatic carbocycles. The van der Waals surface area contributed by atoms with Crippen molar-refractivity contribution in [2.45, 2.75) is 58.0 Å².